The van der Waals surface area contributed by atoms with Crippen LogP contribution >= 0.6 is 12.0 Å². The first kappa shape index (κ1) is 20.1. The fourth-order valence-electron chi connectivity index (χ4n) is 2.30. The van der Waals surface area contributed by atoms with Gasteiger partial charge in [-0.2, -0.15) is 5.26 Å². The Hall–Kier alpha value is -3.24. The Kier molecular flexibility index (Phi) is 7.03. The lowest BCUT2D eigenvalue weighted by molar-refractivity contribution is 0.369. The van der Waals surface area contributed by atoms with Gasteiger partial charge in [0.1, 0.15) is 11.8 Å². The van der Waals surface area contributed by atoms with Crippen LogP contribution in [0, 0.1) is 11.3 Å². The monoisotopic (exact) mass is 382 g/mol. The van der Waals surface area contributed by atoms with E-state index in [4.69, 9.17) is 20.9 Å². The van der Waals surface area contributed by atoms with Gasteiger partial charge in [0, 0.05) is 23.1 Å². The van der Waals surface area contributed by atoms with Crippen LogP contribution in [0.2, 0.25) is 0 Å². The lowest BCUT2D eigenvalue weighted by Gasteiger charge is -2.18. The van der Waals surface area contributed by atoms with Crippen molar-refractivity contribution in [1.82, 2.24) is 5.32 Å². The fourth-order valence-corrected chi connectivity index (χ4v) is 2.91. The van der Waals surface area contributed by atoms with E-state index in [1.807, 2.05) is 48.6 Å². The molecule has 1 aromatic rings. The number of rotatable bonds is 3. The highest BCUT2D eigenvalue weighted by Crippen LogP contribution is 2.26. The average molecular weight is 382 g/mol. The fraction of sp³-hybridized carbons (Fsp3) is 0.150. The molecule has 0 amide bonds. The Labute approximate surface area is 163 Å². The third kappa shape index (κ3) is 5.62. The van der Waals surface area contributed by atoms with Gasteiger partial charge in [-0.25, -0.2) is 0 Å². The molecule has 7 heteroatoms. The van der Waals surface area contributed by atoms with Crippen molar-refractivity contribution in [3.8, 4) is 6.07 Å². The first-order valence-electron chi connectivity index (χ1n) is 8.24. The molecular formula is C20H22N4O2S. The van der Waals surface area contributed by atoms with Gasteiger partial charge < -0.3 is 26.1 Å². The van der Waals surface area contributed by atoms with Crippen LogP contribution in [-0.4, -0.2) is 5.11 Å². The normalized spacial score (nSPS) is 16.4. The molecule has 0 saturated carbocycles. The van der Waals surface area contributed by atoms with Crippen LogP contribution in [0.4, 0.5) is 0 Å². The van der Waals surface area contributed by atoms with E-state index >= 15 is 0 Å². The van der Waals surface area contributed by atoms with Crippen molar-refractivity contribution in [3.63, 3.8) is 0 Å². The van der Waals surface area contributed by atoms with Crippen LogP contribution in [0.5, 0.6) is 0 Å². The topological polar surface area (TPSA) is 117 Å². The smallest absolute Gasteiger partial charge is 0.212 e. The highest BCUT2D eigenvalue weighted by atomic mass is 32.2. The Morgan fingerprint density at radius 1 is 1.30 bits per heavy atom. The van der Waals surface area contributed by atoms with Crippen molar-refractivity contribution in [2.24, 2.45) is 11.5 Å². The van der Waals surface area contributed by atoms with Gasteiger partial charge in [0.15, 0.2) is 0 Å². The molecule has 1 heterocycles. The number of nitrogens with one attached hydrogen (secondary N) is 1. The van der Waals surface area contributed by atoms with E-state index in [0.717, 1.165) is 29.2 Å². The number of hydrogen-bond acceptors (Lipinski definition) is 7. The molecule has 0 unspecified atom stereocenters. The SMILES string of the molecule is C=C1NC(O)=C(N)C(C)=C1C#N.NC1=CCCC(OSc2ccccc2)=C1. The number of dihydropyridines is 1. The van der Waals surface area contributed by atoms with Gasteiger partial charge in [0.25, 0.3) is 0 Å². The largest absolute Gasteiger partial charge is 0.493 e. The number of aliphatic hydroxyl groups is 1. The maximum Gasteiger partial charge on any atom is 0.212 e. The van der Waals surface area contributed by atoms with Gasteiger partial charge in [-0.15, -0.1) is 0 Å². The molecule has 6 nitrogen and oxygen atoms in total. The summed E-state index contributed by atoms with van der Waals surface area (Å²) in [5, 5.41) is 20.3. The van der Waals surface area contributed by atoms with Crippen LogP contribution in [0.1, 0.15) is 19.8 Å². The summed E-state index contributed by atoms with van der Waals surface area (Å²) < 4.78 is 5.60. The van der Waals surface area contributed by atoms with E-state index in [1.54, 1.807) is 6.92 Å². The second kappa shape index (κ2) is 9.46. The number of hydrogen-bond donors (Lipinski definition) is 4. The highest BCUT2D eigenvalue weighted by molar-refractivity contribution is 7.94. The van der Waals surface area contributed by atoms with Crippen LogP contribution < -0.4 is 16.8 Å². The van der Waals surface area contributed by atoms with Crippen molar-refractivity contribution in [2.75, 3.05) is 0 Å². The maximum atomic E-state index is 9.17. The Bertz CT molecular complexity index is 877. The zero-order valence-corrected chi connectivity index (χ0v) is 15.8. The first-order chi connectivity index (χ1) is 12.9. The summed E-state index contributed by atoms with van der Waals surface area (Å²) in [7, 11) is 0. The van der Waals surface area contributed by atoms with E-state index in [9.17, 15) is 5.11 Å². The predicted molar refractivity (Wildman–Crippen MR) is 107 cm³/mol. The van der Waals surface area contributed by atoms with Gasteiger partial charge in [0.05, 0.1) is 29.0 Å². The number of nitrogens with zero attached hydrogens (tertiary/aromatic N) is 1. The quantitative estimate of drug-likeness (QED) is 0.586. The third-order valence-corrected chi connectivity index (χ3v) is 4.57. The molecule has 0 bridgehead atoms. The van der Waals surface area contributed by atoms with Crippen molar-refractivity contribution in [2.45, 2.75) is 24.7 Å². The molecule has 27 heavy (non-hydrogen) atoms. The van der Waals surface area contributed by atoms with Gasteiger partial charge in [-0.05, 0) is 31.1 Å². The number of aliphatic hydroxyl groups excluding tert-OH is 1. The number of nitrogens with two attached hydrogens (primary N) is 2. The van der Waals surface area contributed by atoms with Crippen LogP contribution in [0.15, 0.2) is 93.8 Å². The molecule has 1 aromatic carbocycles. The van der Waals surface area contributed by atoms with E-state index in [0.29, 0.717) is 16.8 Å². The molecule has 140 valence electrons. The summed E-state index contributed by atoms with van der Waals surface area (Å²) in [6.07, 6.45) is 5.80. The minimum absolute atomic E-state index is 0.142. The molecule has 3 rings (SSSR count). The van der Waals surface area contributed by atoms with E-state index < -0.39 is 0 Å². The Morgan fingerprint density at radius 2 is 2.00 bits per heavy atom. The number of benzene rings is 1. The molecule has 2 aliphatic rings. The van der Waals surface area contributed by atoms with Crippen LogP contribution in [0.3, 0.4) is 0 Å². The molecule has 0 spiro atoms. The van der Waals surface area contributed by atoms with Gasteiger partial charge in [-0.3, -0.25) is 0 Å². The average Bonchev–Trinajstić information content (AvgIpc) is 2.66. The van der Waals surface area contributed by atoms with Gasteiger partial charge in [-0.1, -0.05) is 30.9 Å². The molecule has 6 N–H and O–H groups in total. The summed E-state index contributed by atoms with van der Waals surface area (Å²) in [4.78, 5) is 1.10. The molecule has 0 atom stereocenters. The maximum absolute atomic E-state index is 9.17. The molecule has 1 aliphatic carbocycles. The van der Waals surface area contributed by atoms with Crippen LogP contribution in [-0.2, 0) is 4.18 Å². The zero-order valence-electron chi connectivity index (χ0n) is 15.0. The Balaban J connectivity index is 0.000000199. The van der Waals surface area contributed by atoms with E-state index in [1.165, 1.54) is 12.0 Å². The van der Waals surface area contributed by atoms with E-state index in [-0.39, 0.29) is 11.6 Å². The van der Waals surface area contributed by atoms with E-state index in [2.05, 4.69) is 11.9 Å². The molecular weight excluding hydrogens is 360 g/mol. The summed E-state index contributed by atoms with van der Waals surface area (Å²) in [6.45, 7) is 5.22. The lowest BCUT2D eigenvalue weighted by atomic mass is 10.0. The standard InChI is InChI=1S/C12H13NOS.C8H9N3O/c13-10-5-4-6-11(9-10)14-15-12-7-2-1-3-8-12;1-4-6(3-9)5(2)11-8(12)7(4)10/h1-3,5,7-9H,4,6,13H2;11-12H,2,10H2,1H3. The first-order valence-corrected chi connectivity index (χ1v) is 8.98. The number of allylic oxidation sites excluding steroid dienone is 5. The highest BCUT2D eigenvalue weighted by Gasteiger charge is 2.18. The van der Waals surface area contributed by atoms with Gasteiger partial charge in [0.2, 0.25) is 5.88 Å². The molecule has 0 radical (unpaired) electrons. The second-order valence-corrected chi connectivity index (χ2v) is 6.62. The predicted octanol–water partition coefficient (Wildman–Crippen LogP) is 3.86. The van der Waals surface area contributed by atoms with Crippen molar-refractivity contribution in [3.05, 3.63) is 88.9 Å². The summed E-state index contributed by atoms with van der Waals surface area (Å²) >= 11 is 1.38. The minimum atomic E-state index is -0.142. The third-order valence-electron chi connectivity index (χ3n) is 3.80. The molecule has 0 aromatic heterocycles. The summed E-state index contributed by atoms with van der Waals surface area (Å²) in [5.41, 5.74) is 13.5. The summed E-state index contributed by atoms with van der Waals surface area (Å²) in [5.74, 6) is 0.806. The zero-order chi connectivity index (χ0) is 19.8. The number of nitriles is 1. The van der Waals surface area contributed by atoms with Crippen molar-refractivity contribution >= 4 is 12.0 Å². The molecule has 1 aliphatic heterocycles. The van der Waals surface area contributed by atoms with Crippen molar-refractivity contribution < 1.29 is 9.29 Å². The summed E-state index contributed by atoms with van der Waals surface area (Å²) in [6, 6.07) is 12.0. The minimum Gasteiger partial charge on any atom is -0.493 e. The molecule has 0 saturated heterocycles. The Morgan fingerprint density at radius 3 is 2.63 bits per heavy atom. The van der Waals surface area contributed by atoms with Gasteiger partial charge >= 0.3 is 0 Å². The molecule has 0 fully saturated rings. The second-order valence-electron chi connectivity index (χ2n) is 5.81. The van der Waals surface area contributed by atoms with Crippen molar-refractivity contribution in [1.29, 1.82) is 5.26 Å². The van der Waals surface area contributed by atoms with Crippen LogP contribution in [0.25, 0.3) is 0 Å². The lowest BCUT2D eigenvalue weighted by Crippen LogP contribution is -2.24.